The van der Waals surface area contributed by atoms with Crippen LogP contribution in [0.2, 0.25) is 0 Å². The molecular formula is C17H21F3N6O3S. The van der Waals surface area contributed by atoms with Crippen molar-refractivity contribution in [2.24, 2.45) is 5.92 Å². The number of benzene rings is 1. The molecule has 30 heavy (non-hydrogen) atoms. The lowest BCUT2D eigenvalue weighted by molar-refractivity contribution is -0.136. The van der Waals surface area contributed by atoms with E-state index in [9.17, 15) is 26.4 Å². The van der Waals surface area contributed by atoms with Gasteiger partial charge in [-0.1, -0.05) is 0 Å². The fraction of sp³-hybridized carbons (Fsp3) is 0.471. The minimum Gasteiger partial charge on any atom is -0.324 e. The molecule has 1 aromatic heterocycles. The molecule has 0 saturated carbocycles. The highest BCUT2D eigenvalue weighted by atomic mass is 32.2. The average molecular weight is 446 g/mol. The maximum absolute atomic E-state index is 13.6. The standard InChI is InChI=1S/C17H21F3N6O3S/c1-30(28,29)23-8-12-3-2-6-25(9-12)16(27)24-15-5-4-13(26-11-21-10-22-26)7-14(15)17(18,19)20/h4-5,7,10-12,23H,2-3,6,8-9H2,1H3,(H,24,27)/t12-/m0/s1. The molecule has 2 aromatic rings. The number of carbonyl (C=O) groups excluding carboxylic acids is 1. The van der Waals surface area contributed by atoms with Crippen molar-refractivity contribution in [2.75, 3.05) is 31.2 Å². The third-order valence-corrected chi connectivity index (χ3v) is 5.36. The Morgan fingerprint density at radius 1 is 1.33 bits per heavy atom. The van der Waals surface area contributed by atoms with E-state index >= 15 is 0 Å². The third-order valence-electron chi connectivity index (χ3n) is 4.67. The second kappa shape index (κ2) is 8.60. The first-order valence-corrected chi connectivity index (χ1v) is 11.0. The number of sulfonamides is 1. The highest BCUT2D eigenvalue weighted by molar-refractivity contribution is 7.88. The zero-order chi connectivity index (χ0) is 21.9. The van der Waals surface area contributed by atoms with Gasteiger partial charge in [-0.25, -0.2) is 27.6 Å². The molecule has 1 aliphatic rings. The number of rotatable bonds is 5. The van der Waals surface area contributed by atoms with Crippen molar-refractivity contribution in [1.29, 1.82) is 0 Å². The highest BCUT2D eigenvalue weighted by Crippen LogP contribution is 2.36. The Hall–Kier alpha value is -2.67. The number of nitrogens with zero attached hydrogens (tertiary/aromatic N) is 4. The number of hydrogen-bond acceptors (Lipinski definition) is 5. The van der Waals surface area contributed by atoms with E-state index in [1.165, 1.54) is 34.4 Å². The van der Waals surface area contributed by atoms with Gasteiger partial charge in [0.05, 0.1) is 23.2 Å². The second-order valence-electron chi connectivity index (χ2n) is 7.07. The van der Waals surface area contributed by atoms with Crippen molar-refractivity contribution in [3.05, 3.63) is 36.4 Å². The summed E-state index contributed by atoms with van der Waals surface area (Å²) in [5, 5.41) is 6.15. The van der Waals surface area contributed by atoms with E-state index in [-0.39, 0.29) is 30.4 Å². The zero-order valence-corrected chi connectivity index (χ0v) is 16.9. The quantitative estimate of drug-likeness (QED) is 0.731. The van der Waals surface area contributed by atoms with E-state index in [0.717, 1.165) is 12.3 Å². The van der Waals surface area contributed by atoms with E-state index < -0.39 is 27.8 Å². The van der Waals surface area contributed by atoms with Gasteiger partial charge in [-0.2, -0.15) is 18.3 Å². The number of hydrogen-bond donors (Lipinski definition) is 2. The SMILES string of the molecule is CS(=O)(=O)NC[C@@H]1CCCN(C(=O)Nc2ccc(-n3cncn3)cc2C(F)(F)F)C1. The van der Waals surface area contributed by atoms with Gasteiger partial charge in [0.1, 0.15) is 12.7 Å². The van der Waals surface area contributed by atoms with Crippen molar-refractivity contribution in [2.45, 2.75) is 19.0 Å². The van der Waals surface area contributed by atoms with E-state index in [2.05, 4.69) is 20.1 Å². The van der Waals surface area contributed by atoms with Crippen LogP contribution >= 0.6 is 0 Å². The molecule has 1 saturated heterocycles. The van der Waals surface area contributed by atoms with Crippen LogP contribution in [0.4, 0.5) is 23.7 Å². The summed E-state index contributed by atoms with van der Waals surface area (Å²) in [5.41, 5.74) is -1.22. The molecule has 1 fully saturated rings. The van der Waals surface area contributed by atoms with Crippen molar-refractivity contribution < 1.29 is 26.4 Å². The number of anilines is 1. The molecule has 0 unspecified atom stereocenters. The Morgan fingerprint density at radius 2 is 2.10 bits per heavy atom. The van der Waals surface area contributed by atoms with Crippen LogP contribution in [-0.2, 0) is 16.2 Å². The molecule has 0 aliphatic carbocycles. The van der Waals surface area contributed by atoms with Crippen LogP contribution < -0.4 is 10.0 Å². The minimum atomic E-state index is -4.69. The lowest BCUT2D eigenvalue weighted by atomic mass is 9.99. The van der Waals surface area contributed by atoms with Crippen LogP contribution in [0.1, 0.15) is 18.4 Å². The van der Waals surface area contributed by atoms with E-state index in [0.29, 0.717) is 19.4 Å². The molecule has 9 nitrogen and oxygen atoms in total. The number of nitrogens with one attached hydrogen (secondary N) is 2. The summed E-state index contributed by atoms with van der Waals surface area (Å²) in [6.45, 7) is 0.787. The van der Waals surface area contributed by atoms with Crippen LogP contribution in [0.3, 0.4) is 0 Å². The largest absolute Gasteiger partial charge is 0.418 e. The van der Waals surface area contributed by atoms with Crippen LogP contribution in [0.25, 0.3) is 5.69 Å². The van der Waals surface area contributed by atoms with Gasteiger partial charge in [-0.3, -0.25) is 0 Å². The number of piperidine rings is 1. The summed E-state index contributed by atoms with van der Waals surface area (Å²) in [6.07, 6.45) is 0.166. The molecule has 1 atom stereocenters. The number of halogens is 3. The number of alkyl halides is 3. The first-order valence-electron chi connectivity index (χ1n) is 9.10. The summed E-state index contributed by atoms with van der Waals surface area (Å²) in [6, 6.07) is 2.79. The summed E-state index contributed by atoms with van der Waals surface area (Å²) >= 11 is 0. The lowest BCUT2D eigenvalue weighted by Gasteiger charge is -2.33. The topological polar surface area (TPSA) is 109 Å². The van der Waals surface area contributed by atoms with Gasteiger partial charge in [0.2, 0.25) is 10.0 Å². The van der Waals surface area contributed by atoms with Gasteiger partial charge in [0.15, 0.2) is 0 Å². The fourth-order valence-corrected chi connectivity index (χ4v) is 3.78. The summed E-state index contributed by atoms with van der Waals surface area (Å²) in [4.78, 5) is 17.7. The molecule has 2 amide bonds. The summed E-state index contributed by atoms with van der Waals surface area (Å²) < 4.78 is 66.8. The van der Waals surface area contributed by atoms with E-state index in [1.807, 2.05) is 0 Å². The molecule has 0 spiro atoms. The molecule has 2 heterocycles. The van der Waals surface area contributed by atoms with E-state index in [4.69, 9.17) is 0 Å². The van der Waals surface area contributed by atoms with Gasteiger partial charge in [0.25, 0.3) is 0 Å². The van der Waals surface area contributed by atoms with E-state index in [1.54, 1.807) is 0 Å². The monoisotopic (exact) mass is 446 g/mol. The fourth-order valence-electron chi connectivity index (χ4n) is 3.24. The minimum absolute atomic E-state index is 0.115. The predicted octanol–water partition coefficient (Wildman–Crippen LogP) is 2.08. The number of amides is 2. The number of urea groups is 1. The van der Waals surface area contributed by atoms with Gasteiger partial charge in [-0.05, 0) is 37.0 Å². The van der Waals surface area contributed by atoms with Crippen LogP contribution in [0.5, 0.6) is 0 Å². The highest BCUT2D eigenvalue weighted by Gasteiger charge is 2.35. The third kappa shape index (κ3) is 5.69. The zero-order valence-electron chi connectivity index (χ0n) is 16.1. The molecule has 1 aromatic carbocycles. The Balaban J connectivity index is 1.74. The summed E-state index contributed by atoms with van der Waals surface area (Å²) in [5.74, 6) is -0.115. The molecular weight excluding hydrogens is 425 g/mol. The first kappa shape index (κ1) is 22.0. The van der Waals surface area contributed by atoms with Crippen LogP contribution in [0.15, 0.2) is 30.9 Å². The molecule has 164 valence electrons. The number of aromatic nitrogens is 3. The maximum atomic E-state index is 13.6. The average Bonchev–Trinajstić information content (AvgIpc) is 3.20. The summed E-state index contributed by atoms with van der Waals surface area (Å²) in [7, 11) is -3.36. The second-order valence-corrected chi connectivity index (χ2v) is 8.91. The van der Waals surface area contributed by atoms with Crippen LogP contribution in [-0.4, -0.2) is 60.0 Å². The van der Waals surface area contributed by atoms with Crippen molar-refractivity contribution >= 4 is 21.7 Å². The maximum Gasteiger partial charge on any atom is 0.418 e. The first-order chi connectivity index (χ1) is 14.0. The number of carbonyl (C=O) groups is 1. The molecule has 1 aliphatic heterocycles. The molecule has 0 radical (unpaired) electrons. The molecule has 13 heteroatoms. The smallest absolute Gasteiger partial charge is 0.324 e. The lowest BCUT2D eigenvalue weighted by Crippen LogP contribution is -2.45. The predicted molar refractivity (Wildman–Crippen MR) is 103 cm³/mol. The van der Waals surface area contributed by atoms with Crippen molar-refractivity contribution in [3.63, 3.8) is 0 Å². The van der Waals surface area contributed by atoms with Gasteiger partial charge in [0, 0.05) is 19.6 Å². The van der Waals surface area contributed by atoms with Crippen molar-refractivity contribution in [3.8, 4) is 5.69 Å². The molecule has 2 N–H and O–H groups in total. The molecule has 3 rings (SSSR count). The Kier molecular flexibility index (Phi) is 6.31. The molecule has 0 bridgehead atoms. The Morgan fingerprint density at radius 3 is 2.73 bits per heavy atom. The number of likely N-dealkylation sites (tertiary alicyclic amines) is 1. The normalized spacial score (nSPS) is 17.7. The Bertz CT molecular complexity index is 995. The Labute approximate surface area is 171 Å². The van der Waals surface area contributed by atoms with Crippen LogP contribution in [0, 0.1) is 5.92 Å². The van der Waals surface area contributed by atoms with Gasteiger partial charge >= 0.3 is 12.2 Å². The van der Waals surface area contributed by atoms with Gasteiger partial charge in [-0.15, -0.1) is 0 Å². The van der Waals surface area contributed by atoms with Gasteiger partial charge < -0.3 is 10.2 Å². The van der Waals surface area contributed by atoms with Crippen molar-refractivity contribution in [1.82, 2.24) is 24.4 Å².